The first-order valence-electron chi connectivity index (χ1n) is 14.4. The lowest BCUT2D eigenvalue weighted by Gasteiger charge is -2.41. The van der Waals surface area contributed by atoms with Crippen molar-refractivity contribution in [1.29, 1.82) is 0 Å². The molecule has 1 amide bonds. The summed E-state index contributed by atoms with van der Waals surface area (Å²) in [6.45, 7) is 9.04. The number of halogens is 2. The lowest BCUT2D eigenvalue weighted by molar-refractivity contribution is 0.0709. The molecule has 0 saturated carbocycles. The highest BCUT2D eigenvalue weighted by atomic mass is 19.1. The summed E-state index contributed by atoms with van der Waals surface area (Å²) in [7, 11) is 0. The predicted octanol–water partition coefficient (Wildman–Crippen LogP) is 5.94. The fraction of sp³-hybridized carbons (Fsp3) is 0.438. The zero-order valence-electron chi connectivity index (χ0n) is 23.3. The third-order valence-electron chi connectivity index (χ3n) is 8.39. The van der Waals surface area contributed by atoms with E-state index >= 15 is 0 Å². The quantitative estimate of drug-likeness (QED) is 0.416. The molecule has 2 aromatic carbocycles. The molecule has 2 fully saturated rings. The predicted molar refractivity (Wildman–Crippen MR) is 155 cm³/mol. The highest BCUT2D eigenvalue weighted by molar-refractivity contribution is 5.95. The van der Waals surface area contributed by atoms with Gasteiger partial charge in [-0.25, -0.2) is 13.8 Å². The molecule has 1 aromatic heterocycles. The first kappa shape index (κ1) is 26.7. The molecular formula is C32H37F2N5O. The second-order valence-electron chi connectivity index (χ2n) is 12.1. The van der Waals surface area contributed by atoms with Gasteiger partial charge >= 0.3 is 0 Å². The number of aromatic nitrogens is 1. The van der Waals surface area contributed by atoms with E-state index in [0.717, 1.165) is 61.9 Å². The Hall–Kier alpha value is -3.52. The van der Waals surface area contributed by atoms with Crippen molar-refractivity contribution in [2.45, 2.75) is 57.7 Å². The molecule has 0 radical (unpaired) electrons. The molecule has 3 aromatic rings. The van der Waals surface area contributed by atoms with Crippen molar-refractivity contribution in [2.24, 2.45) is 0 Å². The number of nitrogens with one attached hydrogen (secondary N) is 1. The molecule has 3 aliphatic heterocycles. The number of fused-ring (bicyclic) bond motifs is 1. The number of benzene rings is 2. The fourth-order valence-electron chi connectivity index (χ4n) is 6.41. The van der Waals surface area contributed by atoms with Crippen LogP contribution in [0.5, 0.6) is 0 Å². The Morgan fingerprint density at radius 1 is 1.00 bits per heavy atom. The van der Waals surface area contributed by atoms with Gasteiger partial charge in [0.2, 0.25) is 0 Å². The topological polar surface area (TPSA) is 51.7 Å². The van der Waals surface area contributed by atoms with Crippen LogP contribution in [0, 0.1) is 11.6 Å². The van der Waals surface area contributed by atoms with Gasteiger partial charge in [-0.2, -0.15) is 0 Å². The van der Waals surface area contributed by atoms with Crippen molar-refractivity contribution in [3.63, 3.8) is 0 Å². The monoisotopic (exact) mass is 545 g/mol. The fourth-order valence-corrected chi connectivity index (χ4v) is 6.41. The van der Waals surface area contributed by atoms with Crippen LogP contribution < -0.4 is 10.2 Å². The zero-order valence-corrected chi connectivity index (χ0v) is 23.3. The van der Waals surface area contributed by atoms with E-state index in [-0.39, 0.29) is 18.0 Å². The minimum atomic E-state index is -0.455. The van der Waals surface area contributed by atoms with Crippen molar-refractivity contribution >= 4 is 17.4 Å². The van der Waals surface area contributed by atoms with Crippen LogP contribution in [-0.2, 0) is 6.54 Å². The average Bonchev–Trinajstić information content (AvgIpc) is 3.62. The maximum Gasteiger partial charge on any atom is 0.254 e. The van der Waals surface area contributed by atoms with Crippen LogP contribution in [0.1, 0.15) is 55.5 Å². The third kappa shape index (κ3) is 5.55. The lowest BCUT2D eigenvalue weighted by atomic mass is 9.98. The molecule has 40 heavy (non-hydrogen) atoms. The largest absolute Gasteiger partial charge is 0.362 e. The number of amides is 1. The summed E-state index contributed by atoms with van der Waals surface area (Å²) in [5, 5.41) is 3.47. The van der Waals surface area contributed by atoms with Crippen LogP contribution in [0.2, 0.25) is 0 Å². The van der Waals surface area contributed by atoms with Gasteiger partial charge in [-0.1, -0.05) is 12.1 Å². The summed E-state index contributed by atoms with van der Waals surface area (Å²) < 4.78 is 28.4. The maximum absolute atomic E-state index is 14.5. The molecule has 1 N–H and O–H groups in total. The molecule has 0 bridgehead atoms. The van der Waals surface area contributed by atoms with Crippen LogP contribution >= 0.6 is 0 Å². The Labute approximate surface area is 235 Å². The van der Waals surface area contributed by atoms with E-state index in [4.69, 9.17) is 4.98 Å². The van der Waals surface area contributed by atoms with Gasteiger partial charge < -0.3 is 20.0 Å². The second-order valence-corrected chi connectivity index (χ2v) is 12.1. The van der Waals surface area contributed by atoms with Crippen LogP contribution in [0.25, 0.3) is 11.1 Å². The normalized spacial score (nSPS) is 20.4. The second kappa shape index (κ2) is 10.8. The number of likely N-dealkylation sites (tertiary alicyclic amines) is 2. The summed E-state index contributed by atoms with van der Waals surface area (Å²) >= 11 is 0. The van der Waals surface area contributed by atoms with E-state index in [1.165, 1.54) is 25.0 Å². The van der Waals surface area contributed by atoms with E-state index in [9.17, 15) is 13.6 Å². The Morgan fingerprint density at radius 3 is 2.55 bits per heavy atom. The van der Waals surface area contributed by atoms with Gasteiger partial charge in [0.1, 0.15) is 17.5 Å². The van der Waals surface area contributed by atoms with Crippen molar-refractivity contribution in [1.82, 2.24) is 14.8 Å². The molecule has 0 spiro atoms. The zero-order chi connectivity index (χ0) is 27.9. The van der Waals surface area contributed by atoms with Gasteiger partial charge in [0.25, 0.3) is 5.91 Å². The summed E-state index contributed by atoms with van der Waals surface area (Å²) in [5.74, 6) is -0.0682. The van der Waals surface area contributed by atoms with Gasteiger partial charge in [-0.05, 0) is 94.6 Å². The molecule has 2 saturated heterocycles. The van der Waals surface area contributed by atoms with E-state index in [1.807, 2.05) is 41.4 Å². The van der Waals surface area contributed by atoms with Gasteiger partial charge in [-0.3, -0.25) is 4.79 Å². The Morgan fingerprint density at radius 2 is 1.77 bits per heavy atom. The Balaban J connectivity index is 1.22. The van der Waals surface area contributed by atoms with Gasteiger partial charge in [0.05, 0.1) is 11.2 Å². The van der Waals surface area contributed by atoms with Gasteiger partial charge in [0, 0.05) is 55.1 Å². The highest BCUT2D eigenvalue weighted by Crippen LogP contribution is 2.37. The third-order valence-corrected chi connectivity index (χ3v) is 8.39. The molecule has 0 aliphatic carbocycles. The number of anilines is 2. The van der Waals surface area contributed by atoms with Crippen LogP contribution in [0.3, 0.4) is 0 Å². The first-order valence-corrected chi connectivity index (χ1v) is 14.4. The molecule has 4 heterocycles. The smallest absolute Gasteiger partial charge is 0.254 e. The standard InChI is InChI=1S/C32H37F2N5O/c1-32(2)21-38(19-25-16-26(33)11-12-28(25)34)29-17-24(18-35-30(29)36-32)22-7-9-23(10-8-22)31(40)39-15-5-6-27(39)20-37-13-3-4-14-37/h7-12,16-18,27H,3-6,13-15,19-21H2,1-2H3,(H,35,36)/t27-/m0/s1. The molecule has 6 rings (SSSR count). The average molecular weight is 546 g/mol. The molecule has 210 valence electrons. The molecule has 0 unspecified atom stereocenters. The van der Waals surface area contributed by atoms with Crippen LogP contribution in [0.15, 0.2) is 54.7 Å². The number of carbonyl (C=O) groups excluding carboxylic acids is 1. The van der Waals surface area contributed by atoms with E-state index < -0.39 is 11.6 Å². The van der Waals surface area contributed by atoms with Crippen LogP contribution in [0.4, 0.5) is 20.3 Å². The van der Waals surface area contributed by atoms with E-state index in [1.54, 1.807) is 0 Å². The van der Waals surface area contributed by atoms with Gasteiger partial charge in [-0.15, -0.1) is 0 Å². The Bertz CT molecular complexity index is 1390. The highest BCUT2D eigenvalue weighted by Gasteiger charge is 2.33. The minimum absolute atomic E-state index is 0.103. The van der Waals surface area contributed by atoms with Crippen molar-refractivity contribution in [3.05, 3.63) is 77.5 Å². The SMILES string of the molecule is CC1(C)CN(Cc2cc(F)ccc2F)c2cc(-c3ccc(C(=O)N4CCC[C@H]4CN4CCCC4)cc3)cnc2N1. The van der Waals surface area contributed by atoms with Crippen molar-refractivity contribution < 1.29 is 13.6 Å². The maximum atomic E-state index is 14.5. The van der Waals surface area contributed by atoms with E-state index in [2.05, 4.69) is 29.0 Å². The number of hydrogen-bond donors (Lipinski definition) is 1. The molecule has 1 atom stereocenters. The van der Waals surface area contributed by atoms with Gasteiger partial charge in [0.15, 0.2) is 0 Å². The number of nitrogens with zero attached hydrogens (tertiary/aromatic N) is 4. The van der Waals surface area contributed by atoms with E-state index in [0.29, 0.717) is 29.5 Å². The minimum Gasteiger partial charge on any atom is -0.362 e. The molecule has 8 heteroatoms. The molecular weight excluding hydrogens is 508 g/mol. The summed E-state index contributed by atoms with van der Waals surface area (Å²) in [5.41, 5.74) is 3.40. The first-order chi connectivity index (χ1) is 19.3. The summed E-state index contributed by atoms with van der Waals surface area (Å²) in [6, 6.07) is 13.7. The number of rotatable bonds is 6. The lowest BCUT2D eigenvalue weighted by Crippen LogP contribution is -2.48. The van der Waals surface area contributed by atoms with Crippen LogP contribution in [-0.4, -0.2) is 65.0 Å². The van der Waals surface area contributed by atoms with Crippen molar-refractivity contribution in [3.8, 4) is 11.1 Å². The number of pyridine rings is 1. The molecule has 6 nitrogen and oxygen atoms in total. The summed E-state index contributed by atoms with van der Waals surface area (Å²) in [6.07, 6.45) is 6.46. The molecule has 3 aliphatic rings. The number of carbonyl (C=O) groups is 1. The number of hydrogen-bond acceptors (Lipinski definition) is 5. The van der Waals surface area contributed by atoms with Crippen molar-refractivity contribution in [2.75, 3.05) is 42.9 Å². The summed E-state index contributed by atoms with van der Waals surface area (Å²) in [4.78, 5) is 24.7. The Kier molecular flexibility index (Phi) is 7.21.